The van der Waals surface area contributed by atoms with Crippen molar-refractivity contribution in [3.8, 4) is 0 Å². The molecule has 0 aliphatic heterocycles. The minimum atomic E-state index is 0.0906. The Balaban J connectivity index is 1.25. The van der Waals surface area contributed by atoms with E-state index in [0.29, 0.717) is 11.8 Å². The van der Waals surface area contributed by atoms with Crippen molar-refractivity contribution in [1.29, 1.82) is 0 Å². The van der Waals surface area contributed by atoms with Gasteiger partial charge in [0.25, 0.3) is 0 Å². The number of benzene rings is 1. The van der Waals surface area contributed by atoms with E-state index < -0.39 is 0 Å². The van der Waals surface area contributed by atoms with Gasteiger partial charge in [-0.1, -0.05) is 56.9 Å². The standard InChI is InChI=1S/C32H49F/c1-3-5-6-8-25-11-15-28(16-12-25)30-21-22-31(32(33)23-30)29-19-17-27(18-20-29)26-13-9-24(7-4-2)10-14-26/h4,7,21-29H,3,5-6,8-20H2,1-2H3/b7-4+. The molecule has 0 bridgehead atoms. The van der Waals surface area contributed by atoms with Crippen molar-refractivity contribution in [1.82, 2.24) is 0 Å². The molecule has 1 aromatic rings. The number of unbranched alkanes of at least 4 members (excludes halogenated alkanes) is 2. The van der Waals surface area contributed by atoms with Gasteiger partial charge in [0.1, 0.15) is 5.82 Å². The van der Waals surface area contributed by atoms with E-state index in [-0.39, 0.29) is 5.82 Å². The molecule has 3 saturated carbocycles. The summed E-state index contributed by atoms with van der Waals surface area (Å²) in [5, 5.41) is 0. The van der Waals surface area contributed by atoms with E-state index in [1.807, 2.05) is 6.07 Å². The van der Waals surface area contributed by atoms with E-state index in [9.17, 15) is 0 Å². The van der Waals surface area contributed by atoms with Gasteiger partial charge in [-0.3, -0.25) is 0 Å². The van der Waals surface area contributed by atoms with Crippen LogP contribution in [-0.2, 0) is 0 Å². The second-order valence-electron chi connectivity index (χ2n) is 11.8. The Morgan fingerprint density at radius 3 is 2.03 bits per heavy atom. The highest BCUT2D eigenvalue weighted by Gasteiger charge is 2.32. The first-order chi connectivity index (χ1) is 16.2. The van der Waals surface area contributed by atoms with Gasteiger partial charge in [-0.2, -0.15) is 0 Å². The van der Waals surface area contributed by atoms with Crippen molar-refractivity contribution in [2.45, 2.75) is 128 Å². The van der Waals surface area contributed by atoms with Gasteiger partial charge in [0.2, 0.25) is 0 Å². The molecule has 184 valence electrons. The third-order valence-electron chi connectivity index (χ3n) is 9.72. The maximum atomic E-state index is 15.2. The topological polar surface area (TPSA) is 0 Å². The fourth-order valence-corrected chi connectivity index (χ4v) is 7.58. The van der Waals surface area contributed by atoms with Gasteiger partial charge < -0.3 is 0 Å². The van der Waals surface area contributed by atoms with E-state index in [0.717, 1.165) is 29.2 Å². The Kier molecular flexibility index (Phi) is 9.51. The molecule has 0 radical (unpaired) electrons. The molecule has 1 heteroatoms. The molecule has 0 atom stereocenters. The molecule has 0 unspecified atom stereocenters. The molecule has 0 N–H and O–H groups in total. The average Bonchev–Trinajstić information content (AvgIpc) is 2.85. The number of rotatable bonds is 8. The van der Waals surface area contributed by atoms with Crippen LogP contribution in [0.25, 0.3) is 0 Å². The second kappa shape index (κ2) is 12.6. The Labute approximate surface area is 203 Å². The molecule has 3 aliphatic carbocycles. The molecule has 33 heavy (non-hydrogen) atoms. The third-order valence-corrected chi connectivity index (χ3v) is 9.72. The van der Waals surface area contributed by atoms with Crippen LogP contribution in [0.4, 0.5) is 4.39 Å². The fourth-order valence-electron chi connectivity index (χ4n) is 7.58. The van der Waals surface area contributed by atoms with Gasteiger partial charge in [-0.15, -0.1) is 0 Å². The highest BCUT2D eigenvalue weighted by Crippen LogP contribution is 2.45. The zero-order valence-electron chi connectivity index (χ0n) is 21.5. The zero-order chi connectivity index (χ0) is 23.0. The summed E-state index contributed by atoms with van der Waals surface area (Å²) < 4.78 is 15.2. The summed E-state index contributed by atoms with van der Waals surface area (Å²) in [5.41, 5.74) is 2.29. The SMILES string of the molecule is C/C=C/C1CCC(C2CCC(c3ccc(C4CCC(CCCCC)CC4)cc3F)CC2)CC1. The molecule has 0 aromatic heterocycles. The van der Waals surface area contributed by atoms with Gasteiger partial charge in [-0.05, 0) is 137 Å². The van der Waals surface area contributed by atoms with Crippen LogP contribution in [-0.4, -0.2) is 0 Å². The van der Waals surface area contributed by atoms with Crippen molar-refractivity contribution in [3.05, 3.63) is 47.3 Å². The zero-order valence-corrected chi connectivity index (χ0v) is 21.5. The number of allylic oxidation sites excluding steroid dienone is 2. The number of hydrogen-bond donors (Lipinski definition) is 0. The summed E-state index contributed by atoms with van der Waals surface area (Å²) in [6, 6.07) is 6.38. The van der Waals surface area contributed by atoms with Crippen LogP contribution in [0.1, 0.15) is 140 Å². The predicted molar refractivity (Wildman–Crippen MR) is 140 cm³/mol. The summed E-state index contributed by atoms with van der Waals surface area (Å²) in [6.45, 7) is 4.44. The minimum Gasteiger partial charge on any atom is -0.207 e. The normalized spacial score (nSPS) is 33.4. The predicted octanol–water partition coefficient (Wildman–Crippen LogP) is 10.3. The lowest BCUT2D eigenvalue weighted by Crippen LogP contribution is -2.25. The summed E-state index contributed by atoms with van der Waals surface area (Å²) in [7, 11) is 0. The molecule has 3 fully saturated rings. The van der Waals surface area contributed by atoms with Crippen LogP contribution in [0, 0.1) is 29.5 Å². The Bertz CT molecular complexity index is 725. The minimum absolute atomic E-state index is 0.0906. The molecule has 0 nitrogen and oxygen atoms in total. The first-order valence-corrected chi connectivity index (χ1v) is 14.6. The largest absolute Gasteiger partial charge is 0.207 e. The fraction of sp³-hybridized carbons (Fsp3) is 0.750. The maximum absolute atomic E-state index is 15.2. The molecule has 0 heterocycles. The molecule has 0 spiro atoms. The molecule has 1 aromatic carbocycles. The van der Waals surface area contributed by atoms with Gasteiger partial charge in [0.05, 0.1) is 0 Å². The van der Waals surface area contributed by atoms with E-state index in [4.69, 9.17) is 0 Å². The third kappa shape index (κ3) is 6.73. The molecule has 3 aliphatic rings. The van der Waals surface area contributed by atoms with Crippen molar-refractivity contribution in [2.75, 3.05) is 0 Å². The lowest BCUT2D eigenvalue weighted by molar-refractivity contribution is 0.171. The smallest absolute Gasteiger partial charge is 0.126 e. The van der Waals surface area contributed by atoms with Gasteiger partial charge in [0.15, 0.2) is 0 Å². The molecule has 4 rings (SSSR count). The summed E-state index contributed by atoms with van der Waals surface area (Å²) in [4.78, 5) is 0. The quantitative estimate of drug-likeness (QED) is 0.272. The second-order valence-corrected chi connectivity index (χ2v) is 11.8. The van der Waals surface area contributed by atoms with Crippen molar-refractivity contribution in [3.63, 3.8) is 0 Å². The molecular weight excluding hydrogens is 403 g/mol. The molecular formula is C32H49F. The van der Waals surface area contributed by atoms with E-state index in [1.54, 1.807) is 0 Å². The monoisotopic (exact) mass is 452 g/mol. The summed E-state index contributed by atoms with van der Waals surface area (Å²) in [5.74, 6) is 4.69. The Morgan fingerprint density at radius 1 is 0.788 bits per heavy atom. The van der Waals surface area contributed by atoms with Crippen molar-refractivity contribution in [2.24, 2.45) is 23.7 Å². The first-order valence-electron chi connectivity index (χ1n) is 14.6. The highest BCUT2D eigenvalue weighted by atomic mass is 19.1. The van der Waals surface area contributed by atoms with Crippen LogP contribution in [0.3, 0.4) is 0 Å². The van der Waals surface area contributed by atoms with E-state index in [1.165, 1.54) is 108 Å². The van der Waals surface area contributed by atoms with Crippen LogP contribution < -0.4 is 0 Å². The number of hydrogen-bond acceptors (Lipinski definition) is 0. The highest BCUT2D eigenvalue weighted by molar-refractivity contribution is 5.30. The van der Waals surface area contributed by atoms with Crippen LogP contribution >= 0.6 is 0 Å². The van der Waals surface area contributed by atoms with E-state index >= 15 is 4.39 Å². The van der Waals surface area contributed by atoms with Gasteiger partial charge in [-0.25, -0.2) is 4.39 Å². The summed E-state index contributed by atoms with van der Waals surface area (Å²) >= 11 is 0. The average molecular weight is 453 g/mol. The Morgan fingerprint density at radius 2 is 1.42 bits per heavy atom. The maximum Gasteiger partial charge on any atom is 0.126 e. The molecule has 0 amide bonds. The first kappa shape index (κ1) is 25.0. The lowest BCUT2D eigenvalue weighted by Gasteiger charge is -2.37. The van der Waals surface area contributed by atoms with Crippen LogP contribution in [0.2, 0.25) is 0 Å². The van der Waals surface area contributed by atoms with Gasteiger partial charge in [0, 0.05) is 0 Å². The van der Waals surface area contributed by atoms with Crippen molar-refractivity contribution >= 4 is 0 Å². The lowest BCUT2D eigenvalue weighted by atomic mass is 9.68. The Hall–Kier alpha value is -1.11. The van der Waals surface area contributed by atoms with Crippen molar-refractivity contribution < 1.29 is 4.39 Å². The summed E-state index contributed by atoms with van der Waals surface area (Å²) in [6.07, 6.45) is 26.0. The number of halogens is 1. The van der Waals surface area contributed by atoms with E-state index in [2.05, 4.69) is 38.1 Å². The van der Waals surface area contributed by atoms with Gasteiger partial charge >= 0.3 is 0 Å². The molecule has 0 saturated heterocycles. The van der Waals surface area contributed by atoms with Crippen LogP contribution in [0.5, 0.6) is 0 Å². The van der Waals surface area contributed by atoms with Crippen LogP contribution in [0.15, 0.2) is 30.4 Å².